The highest BCUT2D eigenvalue weighted by atomic mass is 32.2. The molecule has 13 heavy (non-hydrogen) atoms. The molecule has 0 radical (unpaired) electrons. The Morgan fingerprint density at radius 1 is 1.31 bits per heavy atom. The van der Waals surface area contributed by atoms with Gasteiger partial charge in [0.1, 0.15) is 0 Å². The van der Waals surface area contributed by atoms with Gasteiger partial charge in [-0.15, -0.1) is 0 Å². The lowest BCUT2D eigenvalue weighted by molar-refractivity contribution is 0.0649. The van der Waals surface area contributed by atoms with Crippen molar-refractivity contribution in [3.05, 3.63) is 0 Å². The first-order valence-electron chi connectivity index (χ1n) is 5.04. The highest BCUT2D eigenvalue weighted by Crippen LogP contribution is 1.98. The normalized spacial score (nSPS) is 11.5. The number of hydrogen-bond donors (Lipinski definition) is 0. The average molecular weight is 205 g/mol. The zero-order valence-corrected chi connectivity index (χ0v) is 10.2. The second kappa shape index (κ2) is 8.85. The Balaban J connectivity index is 3.15. The van der Waals surface area contributed by atoms with Crippen molar-refractivity contribution in [1.82, 2.24) is 4.90 Å². The Kier molecular flexibility index (Phi) is 9.03. The Hall–Kier alpha value is 0.270. The predicted octanol–water partition coefficient (Wildman–Crippen LogP) is 2.10. The summed E-state index contributed by atoms with van der Waals surface area (Å²) in [6, 6.07) is 0. The summed E-state index contributed by atoms with van der Waals surface area (Å²) < 4.78 is 5.47. The highest BCUT2D eigenvalue weighted by Gasteiger charge is 1.98. The molecule has 0 saturated carbocycles. The number of hydrogen-bond acceptors (Lipinski definition) is 3. The Bertz CT molecular complexity index is 109. The average Bonchev–Trinajstić information content (AvgIpc) is 2.04. The molecule has 2 nitrogen and oxygen atoms in total. The van der Waals surface area contributed by atoms with E-state index in [1.165, 1.54) is 18.1 Å². The van der Waals surface area contributed by atoms with E-state index in [-0.39, 0.29) is 0 Å². The van der Waals surface area contributed by atoms with E-state index in [2.05, 4.69) is 32.7 Å². The van der Waals surface area contributed by atoms with Crippen molar-refractivity contribution in [3.8, 4) is 0 Å². The van der Waals surface area contributed by atoms with Crippen LogP contribution in [0.4, 0.5) is 0 Å². The van der Waals surface area contributed by atoms with Gasteiger partial charge in [-0.1, -0.05) is 6.92 Å². The van der Waals surface area contributed by atoms with Crippen molar-refractivity contribution in [3.63, 3.8) is 0 Å². The monoisotopic (exact) mass is 205 g/mol. The van der Waals surface area contributed by atoms with Crippen LogP contribution in [-0.4, -0.2) is 49.3 Å². The minimum Gasteiger partial charge on any atom is -0.377 e. The third-order valence-electron chi connectivity index (χ3n) is 1.75. The van der Waals surface area contributed by atoms with Crippen LogP contribution in [-0.2, 0) is 4.74 Å². The molecule has 0 aromatic heterocycles. The minimum absolute atomic E-state index is 0.360. The SMILES string of the molecule is CCSCCN(C)CCOC(C)C. The van der Waals surface area contributed by atoms with Crippen LogP contribution in [0.15, 0.2) is 0 Å². The molecule has 0 amide bonds. The summed E-state index contributed by atoms with van der Waals surface area (Å²) in [6.07, 6.45) is 0.360. The van der Waals surface area contributed by atoms with Crippen LogP contribution in [0.5, 0.6) is 0 Å². The van der Waals surface area contributed by atoms with E-state index < -0.39 is 0 Å². The summed E-state index contributed by atoms with van der Waals surface area (Å²) in [6.45, 7) is 9.42. The van der Waals surface area contributed by atoms with Crippen LogP contribution in [0.3, 0.4) is 0 Å². The van der Waals surface area contributed by atoms with E-state index >= 15 is 0 Å². The van der Waals surface area contributed by atoms with Gasteiger partial charge in [0.25, 0.3) is 0 Å². The highest BCUT2D eigenvalue weighted by molar-refractivity contribution is 7.99. The van der Waals surface area contributed by atoms with Crippen LogP contribution >= 0.6 is 11.8 Å². The van der Waals surface area contributed by atoms with E-state index in [9.17, 15) is 0 Å². The Morgan fingerprint density at radius 2 is 2.00 bits per heavy atom. The molecule has 0 rings (SSSR count). The summed E-state index contributed by atoms with van der Waals surface area (Å²) in [4.78, 5) is 2.32. The molecular formula is C10H23NOS. The van der Waals surface area contributed by atoms with Crippen molar-refractivity contribution >= 4 is 11.8 Å². The molecule has 0 aliphatic heterocycles. The molecular weight excluding hydrogens is 182 g/mol. The van der Waals surface area contributed by atoms with Gasteiger partial charge in [-0.3, -0.25) is 0 Å². The Morgan fingerprint density at radius 3 is 2.54 bits per heavy atom. The lowest BCUT2D eigenvalue weighted by Gasteiger charge is -2.16. The van der Waals surface area contributed by atoms with Crippen LogP contribution in [0, 0.1) is 0 Å². The third kappa shape index (κ3) is 10.2. The molecule has 0 N–H and O–H groups in total. The predicted molar refractivity (Wildman–Crippen MR) is 61.6 cm³/mol. The maximum absolute atomic E-state index is 5.47. The van der Waals surface area contributed by atoms with Crippen molar-refractivity contribution in [2.45, 2.75) is 26.9 Å². The second-order valence-electron chi connectivity index (χ2n) is 3.42. The molecule has 0 atom stereocenters. The van der Waals surface area contributed by atoms with Crippen LogP contribution in [0.25, 0.3) is 0 Å². The summed E-state index contributed by atoms with van der Waals surface area (Å²) >= 11 is 1.99. The number of likely N-dealkylation sites (N-methyl/N-ethyl adjacent to an activating group) is 1. The number of ether oxygens (including phenoxy) is 1. The van der Waals surface area contributed by atoms with Gasteiger partial charge < -0.3 is 9.64 Å². The minimum atomic E-state index is 0.360. The molecule has 0 bridgehead atoms. The topological polar surface area (TPSA) is 12.5 Å². The lowest BCUT2D eigenvalue weighted by Crippen LogP contribution is -2.26. The van der Waals surface area contributed by atoms with E-state index in [1.807, 2.05) is 11.8 Å². The molecule has 0 fully saturated rings. The van der Waals surface area contributed by atoms with Gasteiger partial charge in [-0.2, -0.15) is 11.8 Å². The first kappa shape index (κ1) is 13.3. The van der Waals surface area contributed by atoms with Gasteiger partial charge >= 0.3 is 0 Å². The lowest BCUT2D eigenvalue weighted by atomic mass is 10.5. The summed E-state index contributed by atoms with van der Waals surface area (Å²) in [5, 5.41) is 0. The summed E-state index contributed by atoms with van der Waals surface area (Å²) in [5.74, 6) is 2.45. The third-order valence-corrected chi connectivity index (χ3v) is 2.63. The standard InChI is InChI=1S/C10H23NOS/c1-5-13-9-7-11(4)6-8-12-10(2)3/h10H,5-9H2,1-4H3. The molecule has 0 aromatic carbocycles. The van der Waals surface area contributed by atoms with Gasteiger partial charge in [0.15, 0.2) is 0 Å². The zero-order valence-electron chi connectivity index (χ0n) is 9.38. The van der Waals surface area contributed by atoms with Crippen molar-refractivity contribution < 1.29 is 4.74 Å². The molecule has 0 saturated heterocycles. The van der Waals surface area contributed by atoms with Gasteiger partial charge in [0.05, 0.1) is 12.7 Å². The largest absolute Gasteiger partial charge is 0.377 e. The van der Waals surface area contributed by atoms with Gasteiger partial charge in [0, 0.05) is 18.8 Å². The summed E-state index contributed by atoms with van der Waals surface area (Å²) in [5.41, 5.74) is 0. The molecule has 0 aromatic rings. The van der Waals surface area contributed by atoms with Crippen molar-refractivity contribution in [2.75, 3.05) is 38.2 Å². The second-order valence-corrected chi connectivity index (χ2v) is 4.81. The fraction of sp³-hybridized carbons (Fsp3) is 1.00. The van der Waals surface area contributed by atoms with Gasteiger partial charge in [0.2, 0.25) is 0 Å². The zero-order chi connectivity index (χ0) is 10.1. The molecule has 80 valence electrons. The maximum atomic E-state index is 5.47. The smallest absolute Gasteiger partial charge is 0.0596 e. The van der Waals surface area contributed by atoms with Crippen molar-refractivity contribution in [1.29, 1.82) is 0 Å². The molecule has 0 spiro atoms. The van der Waals surface area contributed by atoms with Crippen LogP contribution in [0.1, 0.15) is 20.8 Å². The van der Waals surface area contributed by atoms with E-state index in [1.54, 1.807) is 0 Å². The first-order valence-corrected chi connectivity index (χ1v) is 6.20. The van der Waals surface area contributed by atoms with Crippen LogP contribution < -0.4 is 0 Å². The van der Waals surface area contributed by atoms with Gasteiger partial charge in [-0.05, 0) is 26.6 Å². The quantitative estimate of drug-likeness (QED) is 0.563. The van der Waals surface area contributed by atoms with Crippen molar-refractivity contribution in [2.24, 2.45) is 0 Å². The van der Waals surface area contributed by atoms with E-state index in [4.69, 9.17) is 4.74 Å². The molecule has 0 heterocycles. The summed E-state index contributed by atoms with van der Waals surface area (Å²) in [7, 11) is 2.15. The number of nitrogens with zero attached hydrogens (tertiary/aromatic N) is 1. The number of thioether (sulfide) groups is 1. The molecule has 0 unspecified atom stereocenters. The first-order chi connectivity index (χ1) is 6.16. The Labute approximate surface area is 87.0 Å². The fourth-order valence-electron chi connectivity index (χ4n) is 0.921. The maximum Gasteiger partial charge on any atom is 0.0596 e. The molecule has 0 aliphatic carbocycles. The molecule has 0 aliphatic rings. The van der Waals surface area contributed by atoms with E-state index in [0.29, 0.717) is 6.10 Å². The molecule has 3 heteroatoms. The van der Waals surface area contributed by atoms with E-state index in [0.717, 1.165) is 13.2 Å². The van der Waals surface area contributed by atoms with Gasteiger partial charge in [-0.25, -0.2) is 0 Å². The number of rotatable bonds is 8. The fourth-order valence-corrected chi connectivity index (χ4v) is 1.65. The van der Waals surface area contributed by atoms with Crippen LogP contribution in [0.2, 0.25) is 0 Å².